The molecule has 50 valence electrons. The Balaban J connectivity index is 3.75. The third-order valence-electron chi connectivity index (χ3n) is 0.335. The van der Waals surface area contributed by atoms with Gasteiger partial charge in [-0.05, 0) is 6.92 Å². The summed E-state index contributed by atoms with van der Waals surface area (Å²) in [6.07, 6.45) is -1.12. The minimum Gasteiger partial charge on any atom is -0.378 e. The Kier molecular flexibility index (Phi) is 2.35. The molecular weight excluding hydrogens is 132 g/mol. The Hall–Kier alpha value is -0.170. The second kappa shape index (κ2) is 2.40. The second-order valence-corrected chi connectivity index (χ2v) is 2.66. The first-order chi connectivity index (χ1) is 3.42. The van der Waals surface area contributed by atoms with Crippen LogP contribution in [0.4, 0.5) is 0 Å². The molecule has 0 heterocycles. The van der Waals surface area contributed by atoms with Crippen molar-refractivity contribution in [2.75, 3.05) is 0 Å². The Morgan fingerprint density at radius 2 is 2.12 bits per heavy atom. The van der Waals surface area contributed by atoms with E-state index >= 15 is 0 Å². The van der Waals surface area contributed by atoms with Gasteiger partial charge >= 0.3 is 0 Å². The molecule has 0 aromatic rings. The van der Waals surface area contributed by atoms with E-state index < -0.39 is 16.4 Å². The number of aliphatic hydroxyl groups is 1. The fourth-order valence-corrected chi connectivity index (χ4v) is 0.713. The highest BCUT2D eigenvalue weighted by atomic mass is 32.2. The number of aliphatic hydroxyl groups excluding tert-OH is 1. The van der Waals surface area contributed by atoms with Crippen LogP contribution in [-0.4, -0.2) is 19.8 Å². The van der Waals surface area contributed by atoms with Crippen LogP contribution in [0.1, 0.15) is 6.92 Å². The summed E-state index contributed by atoms with van der Waals surface area (Å²) >= 11 is 0. The predicted octanol–water partition coefficient (Wildman–Crippen LogP) is -1.88. The number of rotatable bonds is 2. The van der Waals surface area contributed by atoms with Crippen molar-refractivity contribution in [3.8, 4) is 0 Å². The maximum atomic E-state index is 9.95. The first-order valence-electron chi connectivity index (χ1n) is 1.90. The van der Waals surface area contributed by atoms with Crippen LogP contribution >= 0.6 is 0 Å². The van der Waals surface area contributed by atoms with E-state index in [-0.39, 0.29) is 0 Å². The van der Waals surface area contributed by atoms with Gasteiger partial charge in [0.25, 0.3) is 10.2 Å². The summed E-state index contributed by atoms with van der Waals surface area (Å²) in [5, 5.41) is 12.8. The average molecular weight is 140 g/mol. The minimum absolute atomic E-state index is 1.12. The molecule has 0 fully saturated rings. The number of nitrogens with two attached hydrogens (primary N) is 1. The molecule has 1 unspecified atom stereocenters. The summed E-state index contributed by atoms with van der Waals surface area (Å²) in [5.41, 5.74) is 0. The summed E-state index contributed by atoms with van der Waals surface area (Å²) in [5.74, 6) is 0. The van der Waals surface area contributed by atoms with Gasteiger partial charge in [0.1, 0.15) is 6.23 Å². The van der Waals surface area contributed by atoms with E-state index in [1.165, 1.54) is 6.92 Å². The van der Waals surface area contributed by atoms with Crippen molar-refractivity contribution in [2.45, 2.75) is 13.2 Å². The van der Waals surface area contributed by atoms with E-state index in [1.807, 2.05) is 0 Å². The second-order valence-electron chi connectivity index (χ2n) is 1.34. The average Bonchev–Trinajstić information content (AvgIpc) is 1.21. The molecule has 0 aliphatic carbocycles. The lowest BCUT2D eigenvalue weighted by Crippen LogP contribution is -2.37. The molecule has 0 spiro atoms. The molecule has 8 heavy (non-hydrogen) atoms. The van der Waals surface area contributed by atoms with Crippen LogP contribution in [0.3, 0.4) is 0 Å². The van der Waals surface area contributed by atoms with Crippen molar-refractivity contribution < 1.29 is 13.5 Å². The Labute approximate surface area is 47.7 Å². The zero-order chi connectivity index (χ0) is 6.78. The molecular formula is C2H8N2O3S. The number of hydrogen-bond donors (Lipinski definition) is 3. The van der Waals surface area contributed by atoms with Crippen molar-refractivity contribution >= 4 is 10.2 Å². The molecule has 0 amide bonds. The van der Waals surface area contributed by atoms with Gasteiger partial charge < -0.3 is 5.11 Å². The lowest BCUT2D eigenvalue weighted by Gasteiger charge is -2.01. The highest BCUT2D eigenvalue weighted by Crippen LogP contribution is 1.72. The van der Waals surface area contributed by atoms with Crippen molar-refractivity contribution in [3.05, 3.63) is 0 Å². The summed E-state index contributed by atoms with van der Waals surface area (Å²) in [6, 6.07) is 0. The van der Waals surface area contributed by atoms with Gasteiger partial charge in [0, 0.05) is 0 Å². The highest BCUT2D eigenvalue weighted by molar-refractivity contribution is 7.87. The molecule has 1 atom stereocenters. The van der Waals surface area contributed by atoms with E-state index in [1.54, 1.807) is 4.72 Å². The number of nitrogens with one attached hydrogen (secondary N) is 1. The van der Waals surface area contributed by atoms with Crippen molar-refractivity contribution in [2.24, 2.45) is 5.14 Å². The molecule has 0 aromatic carbocycles. The summed E-state index contributed by atoms with van der Waals surface area (Å²) in [4.78, 5) is 0. The van der Waals surface area contributed by atoms with Gasteiger partial charge in [0.15, 0.2) is 0 Å². The van der Waals surface area contributed by atoms with Crippen molar-refractivity contribution in [3.63, 3.8) is 0 Å². The SMILES string of the molecule is CC(O)NS(N)(=O)=O. The van der Waals surface area contributed by atoms with Gasteiger partial charge in [0.05, 0.1) is 0 Å². The lowest BCUT2D eigenvalue weighted by molar-refractivity contribution is 0.184. The first kappa shape index (κ1) is 7.83. The zero-order valence-electron chi connectivity index (χ0n) is 4.33. The monoisotopic (exact) mass is 140 g/mol. The molecule has 0 saturated heterocycles. The van der Waals surface area contributed by atoms with Crippen LogP contribution in [0, 0.1) is 0 Å². The van der Waals surface area contributed by atoms with Gasteiger partial charge in [-0.2, -0.15) is 13.1 Å². The van der Waals surface area contributed by atoms with Gasteiger partial charge in [0.2, 0.25) is 0 Å². The van der Waals surface area contributed by atoms with E-state index in [0.29, 0.717) is 0 Å². The maximum Gasteiger partial charge on any atom is 0.276 e. The Morgan fingerprint density at radius 3 is 2.12 bits per heavy atom. The number of hydrogen-bond acceptors (Lipinski definition) is 3. The molecule has 0 bridgehead atoms. The summed E-state index contributed by atoms with van der Waals surface area (Å²) in [6.45, 7) is 1.25. The van der Waals surface area contributed by atoms with Gasteiger partial charge in [-0.1, -0.05) is 0 Å². The lowest BCUT2D eigenvalue weighted by atomic mass is 10.7. The summed E-state index contributed by atoms with van der Waals surface area (Å²) < 4.78 is 21.6. The smallest absolute Gasteiger partial charge is 0.276 e. The van der Waals surface area contributed by atoms with Crippen LogP contribution < -0.4 is 9.86 Å². The molecule has 0 saturated carbocycles. The van der Waals surface area contributed by atoms with Gasteiger partial charge in [-0.25, -0.2) is 5.14 Å². The fraction of sp³-hybridized carbons (Fsp3) is 1.00. The molecule has 6 heteroatoms. The molecule has 5 nitrogen and oxygen atoms in total. The largest absolute Gasteiger partial charge is 0.378 e. The first-order valence-corrected chi connectivity index (χ1v) is 3.44. The molecule has 0 aliphatic heterocycles. The predicted molar refractivity (Wildman–Crippen MR) is 27.9 cm³/mol. The van der Waals surface area contributed by atoms with E-state index in [0.717, 1.165) is 0 Å². The van der Waals surface area contributed by atoms with E-state index in [4.69, 9.17) is 5.11 Å². The Bertz CT molecular complexity index is 149. The Morgan fingerprint density at radius 1 is 1.75 bits per heavy atom. The highest BCUT2D eigenvalue weighted by Gasteiger charge is 2.02. The minimum atomic E-state index is -3.72. The molecule has 0 radical (unpaired) electrons. The van der Waals surface area contributed by atoms with Crippen LogP contribution in [0.25, 0.3) is 0 Å². The molecule has 0 rings (SSSR count). The van der Waals surface area contributed by atoms with E-state index in [9.17, 15) is 8.42 Å². The van der Waals surface area contributed by atoms with Crippen molar-refractivity contribution in [1.82, 2.24) is 4.72 Å². The van der Waals surface area contributed by atoms with Crippen LogP contribution in [-0.2, 0) is 10.2 Å². The van der Waals surface area contributed by atoms with Gasteiger partial charge in [-0.3, -0.25) is 0 Å². The van der Waals surface area contributed by atoms with Gasteiger partial charge in [-0.15, -0.1) is 0 Å². The summed E-state index contributed by atoms with van der Waals surface area (Å²) in [7, 11) is -3.72. The van der Waals surface area contributed by atoms with Crippen molar-refractivity contribution in [1.29, 1.82) is 0 Å². The van der Waals surface area contributed by atoms with Crippen LogP contribution in [0.15, 0.2) is 0 Å². The topological polar surface area (TPSA) is 92.4 Å². The van der Waals surface area contributed by atoms with E-state index in [2.05, 4.69) is 5.14 Å². The maximum absolute atomic E-state index is 9.95. The third kappa shape index (κ3) is 5.83. The third-order valence-corrected chi connectivity index (χ3v) is 1.00. The molecule has 0 aromatic heterocycles. The zero-order valence-corrected chi connectivity index (χ0v) is 5.14. The standard InChI is InChI=1S/C2H8N2O3S/c1-2(5)4-8(3,6)7/h2,4-5H,1H3,(H2,3,6,7). The quantitative estimate of drug-likeness (QED) is 0.392. The molecule has 4 N–H and O–H groups in total. The van der Waals surface area contributed by atoms with Crippen LogP contribution in [0.2, 0.25) is 0 Å². The fourth-order valence-electron chi connectivity index (χ4n) is 0.238. The normalized spacial score (nSPS) is 15.9. The van der Waals surface area contributed by atoms with Crippen LogP contribution in [0.5, 0.6) is 0 Å². The molecule has 0 aliphatic rings.